The van der Waals surface area contributed by atoms with Crippen LogP contribution in [0.25, 0.3) is 0 Å². The highest BCUT2D eigenvalue weighted by Crippen LogP contribution is 2.11. The number of nitrogens with one attached hydrogen (secondary N) is 1. The van der Waals surface area contributed by atoms with E-state index in [1.807, 2.05) is 6.92 Å². The normalized spacial score (nSPS) is 16.1. The summed E-state index contributed by atoms with van der Waals surface area (Å²) in [6.45, 7) is 5.24. The van der Waals surface area contributed by atoms with Gasteiger partial charge in [-0.05, 0) is 13.3 Å². The number of amides is 1. The Bertz CT molecular complexity index is 240. The molecule has 0 aromatic rings. The first-order valence-electron chi connectivity index (χ1n) is 5.50. The molecule has 0 aromatic heterocycles. The average Bonchev–Trinajstić information content (AvgIpc) is 2.24. The van der Waals surface area contributed by atoms with Crippen molar-refractivity contribution in [2.45, 2.75) is 45.8 Å². The molecule has 5 heteroatoms. The van der Waals surface area contributed by atoms with E-state index in [1.54, 1.807) is 6.92 Å². The lowest BCUT2D eigenvalue weighted by Gasteiger charge is -2.22. The summed E-state index contributed by atoms with van der Waals surface area (Å²) in [6.07, 6.45) is -0.00314. The van der Waals surface area contributed by atoms with Gasteiger partial charge in [-0.3, -0.25) is 4.79 Å². The minimum atomic E-state index is -0.925. The molecule has 0 aliphatic rings. The number of hydrogen-bond donors (Lipinski definition) is 2. The zero-order chi connectivity index (χ0) is 12.7. The Labute approximate surface area is 96.2 Å². The molecule has 1 unspecified atom stereocenters. The summed E-state index contributed by atoms with van der Waals surface area (Å²) in [5.74, 6) is -0.344. The van der Waals surface area contributed by atoms with Gasteiger partial charge in [-0.2, -0.15) is 0 Å². The highest BCUT2D eigenvalue weighted by molar-refractivity contribution is 5.89. The minimum Gasteiger partial charge on any atom is -0.453 e. The number of alkyl carbamates (subject to hydrolysis) is 1. The molecule has 0 fully saturated rings. The molecule has 16 heavy (non-hydrogen) atoms. The third-order valence-corrected chi connectivity index (χ3v) is 2.46. The summed E-state index contributed by atoms with van der Waals surface area (Å²) in [5.41, 5.74) is 0. The Kier molecular flexibility index (Phi) is 6.72. The van der Waals surface area contributed by atoms with E-state index in [4.69, 9.17) is 0 Å². The number of ether oxygens (including phenoxy) is 1. The number of carbonyl (C=O) groups is 2. The van der Waals surface area contributed by atoms with Crippen molar-refractivity contribution in [1.29, 1.82) is 0 Å². The maximum absolute atomic E-state index is 11.9. The van der Waals surface area contributed by atoms with Gasteiger partial charge in [-0.1, -0.05) is 20.3 Å². The minimum absolute atomic E-state index is 0.165. The fourth-order valence-corrected chi connectivity index (χ4v) is 1.50. The van der Waals surface area contributed by atoms with Crippen molar-refractivity contribution >= 4 is 11.9 Å². The number of methoxy groups -OCH3 is 1. The van der Waals surface area contributed by atoms with Gasteiger partial charge in [0, 0.05) is 5.92 Å². The van der Waals surface area contributed by atoms with Crippen LogP contribution in [0.4, 0.5) is 4.79 Å². The molecule has 0 rings (SSSR count). The Hall–Kier alpha value is -1.10. The molecule has 0 radical (unpaired) electrons. The van der Waals surface area contributed by atoms with E-state index < -0.39 is 18.2 Å². The van der Waals surface area contributed by atoms with Crippen LogP contribution in [0.5, 0.6) is 0 Å². The molecular formula is C11H21NO4. The molecule has 0 bridgehead atoms. The van der Waals surface area contributed by atoms with E-state index in [0.717, 1.165) is 12.8 Å². The number of Topliss-reactive ketones (excluding diaryl/α,β-unsaturated/α-hetero) is 1. The van der Waals surface area contributed by atoms with Crippen molar-refractivity contribution < 1.29 is 19.4 Å². The lowest BCUT2D eigenvalue weighted by molar-refractivity contribution is -0.126. The molecule has 0 aliphatic carbocycles. The zero-order valence-corrected chi connectivity index (χ0v) is 10.3. The van der Waals surface area contributed by atoms with Gasteiger partial charge in [-0.25, -0.2) is 4.79 Å². The first kappa shape index (κ1) is 14.9. The fourth-order valence-electron chi connectivity index (χ4n) is 1.50. The number of hydrogen-bond acceptors (Lipinski definition) is 4. The second kappa shape index (κ2) is 7.22. The molecular weight excluding hydrogens is 210 g/mol. The van der Waals surface area contributed by atoms with E-state index in [-0.39, 0.29) is 11.7 Å². The van der Waals surface area contributed by atoms with Crippen LogP contribution in [-0.2, 0) is 9.53 Å². The number of aliphatic hydroxyl groups is 1. The third kappa shape index (κ3) is 4.61. The Morgan fingerprint density at radius 1 is 1.38 bits per heavy atom. The van der Waals surface area contributed by atoms with Crippen LogP contribution in [0.15, 0.2) is 0 Å². The highest BCUT2D eigenvalue weighted by Gasteiger charge is 2.29. The van der Waals surface area contributed by atoms with E-state index in [9.17, 15) is 14.7 Å². The maximum atomic E-state index is 11.9. The molecule has 0 saturated carbocycles. The molecule has 0 aliphatic heterocycles. The Balaban J connectivity index is 4.52. The second-order valence-electron chi connectivity index (χ2n) is 3.95. The fraction of sp³-hybridized carbons (Fsp3) is 0.818. The summed E-state index contributed by atoms with van der Waals surface area (Å²) in [6, 6.07) is -0.894. The zero-order valence-electron chi connectivity index (χ0n) is 10.3. The van der Waals surface area contributed by atoms with E-state index >= 15 is 0 Å². The molecule has 0 heterocycles. The van der Waals surface area contributed by atoms with Crippen molar-refractivity contribution in [3.05, 3.63) is 0 Å². The van der Waals surface area contributed by atoms with Gasteiger partial charge in [0.05, 0.1) is 13.2 Å². The summed E-state index contributed by atoms with van der Waals surface area (Å²) in [4.78, 5) is 22.9. The van der Waals surface area contributed by atoms with E-state index in [2.05, 4.69) is 10.1 Å². The van der Waals surface area contributed by atoms with Crippen LogP contribution in [-0.4, -0.2) is 36.2 Å². The van der Waals surface area contributed by atoms with Crippen LogP contribution in [0, 0.1) is 5.92 Å². The standard InChI is InChI=1S/C11H21NO4/c1-5-6-7(2)10(14)9(8(3)13)12-11(15)16-4/h7-9,13H,5-6H2,1-4H3,(H,12,15)/t7?,8-,9+/m1/s1. The largest absolute Gasteiger partial charge is 0.453 e. The molecule has 0 aromatic carbocycles. The maximum Gasteiger partial charge on any atom is 0.407 e. The first-order chi connectivity index (χ1) is 7.43. The van der Waals surface area contributed by atoms with Gasteiger partial charge in [0.1, 0.15) is 6.04 Å². The van der Waals surface area contributed by atoms with Gasteiger partial charge in [-0.15, -0.1) is 0 Å². The number of ketones is 1. The Morgan fingerprint density at radius 2 is 1.94 bits per heavy atom. The lowest BCUT2D eigenvalue weighted by Crippen LogP contribution is -2.49. The molecule has 0 saturated heterocycles. The van der Waals surface area contributed by atoms with Crippen molar-refractivity contribution in [3.63, 3.8) is 0 Å². The van der Waals surface area contributed by atoms with Crippen molar-refractivity contribution in [3.8, 4) is 0 Å². The van der Waals surface area contributed by atoms with E-state index in [0.29, 0.717) is 0 Å². The first-order valence-corrected chi connectivity index (χ1v) is 5.50. The monoisotopic (exact) mass is 231 g/mol. The van der Waals surface area contributed by atoms with Crippen LogP contribution < -0.4 is 5.32 Å². The summed E-state index contributed by atoms with van der Waals surface area (Å²) >= 11 is 0. The van der Waals surface area contributed by atoms with Crippen molar-refractivity contribution in [2.24, 2.45) is 5.92 Å². The topological polar surface area (TPSA) is 75.6 Å². The predicted molar refractivity (Wildman–Crippen MR) is 60.1 cm³/mol. The molecule has 0 spiro atoms. The smallest absolute Gasteiger partial charge is 0.407 e. The van der Waals surface area contributed by atoms with Gasteiger partial charge in [0.25, 0.3) is 0 Å². The SMILES string of the molecule is CCCC(C)C(=O)[C@@H](NC(=O)OC)[C@@H](C)O. The van der Waals surface area contributed by atoms with Crippen molar-refractivity contribution in [2.75, 3.05) is 7.11 Å². The van der Waals surface area contributed by atoms with Crippen LogP contribution in [0.3, 0.4) is 0 Å². The van der Waals surface area contributed by atoms with Gasteiger partial charge < -0.3 is 15.2 Å². The van der Waals surface area contributed by atoms with Gasteiger partial charge >= 0.3 is 6.09 Å². The van der Waals surface area contributed by atoms with Gasteiger partial charge in [0.15, 0.2) is 5.78 Å². The summed E-state index contributed by atoms with van der Waals surface area (Å²) in [5, 5.41) is 11.8. The quantitative estimate of drug-likeness (QED) is 0.717. The predicted octanol–water partition coefficient (Wildman–Crippen LogP) is 1.10. The molecule has 5 nitrogen and oxygen atoms in total. The number of aliphatic hydroxyl groups excluding tert-OH is 1. The molecule has 3 atom stereocenters. The number of rotatable bonds is 6. The van der Waals surface area contributed by atoms with Crippen LogP contribution >= 0.6 is 0 Å². The molecule has 94 valence electrons. The lowest BCUT2D eigenvalue weighted by atomic mass is 9.93. The van der Waals surface area contributed by atoms with E-state index in [1.165, 1.54) is 14.0 Å². The van der Waals surface area contributed by atoms with Crippen LogP contribution in [0.2, 0.25) is 0 Å². The molecule has 1 amide bonds. The molecule has 2 N–H and O–H groups in total. The summed E-state index contributed by atoms with van der Waals surface area (Å²) in [7, 11) is 1.22. The highest BCUT2D eigenvalue weighted by atomic mass is 16.5. The van der Waals surface area contributed by atoms with Gasteiger partial charge in [0.2, 0.25) is 0 Å². The van der Waals surface area contributed by atoms with Crippen LogP contribution in [0.1, 0.15) is 33.6 Å². The second-order valence-corrected chi connectivity index (χ2v) is 3.95. The summed E-state index contributed by atoms with van der Waals surface area (Å²) < 4.78 is 4.41. The number of carbonyl (C=O) groups excluding carboxylic acids is 2. The average molecular weight is 231 g/mol. The third-order valence-electron chi connectivity index (χ3n) is 2.46. The van der Waals surface area contributed by atoms with Crippen molar-refractivity contribution in [1.82, 2.24) is 5.32 Å². The Morgan fingerprint density at radius 3 is 2.31 bits per heavy atom.